The lowest BCUT2D eigenvalue weighted by Crippen LogP contribution is -2.48. The molecule has 0 aliphatic heterocycles. The maximum Gasteiger partial charge on any atom is 0.332 e. The summed E-state index contributed by atoms with van der Waals surface area (Å²) in [6.45, 7) is 16.2. The van der Waals surface area contributed by atoms with Crippen molar-refractivity contribution in [1.29, 1.82) is 0 Å². The van der Waals surface area contributed by atoms with Crippen LogP contribution >= 0.6 is 0 Å². The van der Waals surface area contributed by atoms with Crippen molar-refractivity contribution in [1.82, 2.24) is 0 Å². The van der Waals surface area contributed by atoms with E-state index in [2.05, 4.69) is 6.92 Å². The Bertz CT molecular complexity index is 506. The molecule has 0 heterocycles. The number of rotatable bonds is 6. The number of carbonyl (C=O) groups excluding carboxylic acids is 2. The van der Waals surface area contributed by atoms with Crippen LogP contribution < -0.4 is 0 Å². The van der Waals surface area contributed by atoms with E-state index >= 15 is 0 Å². The average Bonchev–Trinajstić information content (AvgIpc) is 2.57. The zero-order chi connectivity index (χ0) is 21.6. The van der Waals surface area contributed by atoms with Crippen LogP contribution in [0.3, 0.4) is 0 Å². The van der Waals surface area contributed by atoms with E-state index in [1.165, 1.54) is 0 Å². The number of hydrogen-bond acceptors (Lipinski definition) is 5. The van der Waals surface area contributed by atoms with Crippen LogP contribution in [0.1, 0.15) is 93.9 Å². The summed E-state index contributed by atoms with van der Waals surface area (Å²) in [5, 5.41) is 0. The van der Waals surface area contributed by atoms with Gasteiger partial charge in [0.15, 0.2) is 0 Å². The first-order valence-electron chi connectivity index (χ1n) is 11.0. The van der Waals surface area contributed by atoms with Gasteiger partial charge in [-0.2, -0.15) is 0 Å². The van der Waals surface area contributed by atoms with Crippen molar-refractivity contribution < 1.29 is 23.8 Å². The van der Waals surface area contributed by atoms with Crippen molar-refractivity contribution in [3.8, 4) is 0 Å². The molecule has 164 valence electrons. The zero-order valence-corrected chi connectivity index (χ0v) is 19.4. The largest absolute Gasteiger partial charge is 0.465 e. The second kappa shape index (κ2) is 10.1. The molecule has 28 heavy (non-hydrogen) atoms. The lowest BCUT2D eigenvalue weighted by atomic mass is 9.58. The first kappa shape index (κ1) is 24.9. The van der Waals surface area contributed by atoms with Crippen molar-refractivity contribution in [3.63, 3.8) is 0 Å². The third-order valence-corrected chi connectivity index (χ3v) is 5.47. The van der Waals surface area contributed by atoms with Crippen LogP contribution in [-0.4, -0.2) is 36.4 Å². The van der Waals surface area contributed by atoms with E-state index < -0.39 is 5.60 Å². The van der Waals surface area contributed by atoms with Crippen molar-refractivity contribution in [2.24, 2.45) is 17.3 Å². The van der Waals surface area contributed by atoms with E-state index in [1.54, 1.807) is 0 Å². The normalized spacial score (nSPS) is 32.0. The van der Waals surface area contributed by atoms with Gasteiger partial charge in [0.05, 0.1) is 17.6 Å². The molecule has 2 aliphatic rings. The summed E-state index contributed by atoms with van der Waals surface area (Å²) >= 11 is 0. The Morgan fingerprint density at radius 3 is 2.00 bits per heavy atom. The Hall–Kier alpha value is -1.10. The second-order valence-corrected chi connectivity index (χ2v) is 9.81. The van der Waals surface area contributed by atoms with Gasteiger partial charge in [-0.1, -0.05) is 20.8 Å². The molecular weight excluding hydrogens is 356 g/mol. The van der Waals surface area contributed by atoms with E-state index in [9.17, 15) is 9.59 Å². The van der Waals surface area contributed by atoms with Crippen molar-refractivity contribution in [2.75, 3.05) is 13.2 Å². The van der Waals surface area contributed by atoms with Gasteiger partial charge in [0.2, 0.25) is 0 Å². The van der Waals surface area contributed by atoms with Crippen LogP contribution in [-0.2, 0) is 23.8 Å². The molecule has 2 fully saturated rings. The van der Waals surface area contributed by atoms with E-state index in [4.69, 9.17) is 14.2 Å². The molecule has 0 aromatic heterocycles. The molecule has 0 amide bonds. The standard InChI is InChI=1S/C21H36O5.C2H6/c1-7-8-24-18(23)20(5)10-15-9-16(11-20)13-21(6,12-15)25-14-17(22)26-19(2,3)4;1-2/h15-16H,7-14H2,1-6H3;1-2H3. The zero-order valence-electron chi connectivity index (χ0n) is 19.4. The van der Waals surface area contributed by atoms with Crippen LogP contribution in [0.25, 0.3) is 0 Å². The summed E-state index contributed by atoms with van der Waals surface area (Å²) < 4.78 is 16.8. The van der Waals surface area contributed by atoms with Crippen molar-refractivity contribution in [3.05, 3.63) is 0 Å². The highest BCUT2D eigenvalue weighted by Gasteiger charge is 2.50. The van der Waals surface area contributed by atoms with E-state index in [1.807, 2.05) is 48.5 Å². The van der Waals surface area contributed by atoms with Crippen LogP contribution in [0, 0.1) is 17.3 Å². The Kier molecular flexibility index (Phi) is 8.98. The van der Waals surface area contributed by atoms with Crippen LogP contribution in [0.15, 0.2) is 0 Å². The Labute approximate surface area is 171 Å². The van der Waals surface area contributed by atoms with E-state index in [-0.39, 0.29) is 29.6 Å². The monoisotopic (exact) mass is 398 g/mol. The SMILES string of the molecule is CC.CCCOC(=O)C1(C)CC2CC(CC(C)(OCC(=O)OC(C)(C)C)C2)C1. The van der Waals surface area contributed by atoms with Crippen molar-refractivity contribution in [2.45, 2.75) is 105 Å². The predicted octanol–water partition coefficient (Wildman–Crippen LogP) is 5.30. The molecule has 0 saturated heterocycles. The van der Waals surface area contributed by atoms with Gasteiger partial charge in [0, 0.05) is 0 Å². The number of carbonyl (C=O) groups is 2. The van der Waals surface area contributed by atoms with Crippen molar-refractivity contribution >= 4 is 11.9 Å². The molecule has 2 rings (SSSR count). The minimum atomic E-state index is -0.495. The molecule has 0 aromatic carbocycles. The summed E-state index contributed by atoms with van der Waals surface area (Å²) in [5.74, 6) is 0.505. The van der Waals surface area contributed by atoms with Gasteiger partial charge in [0.1, 0.15) is 12.2 Å². The van der Waals surface area contributed by atoms with E-state index in [0.29, 0.717) is 18.4 Å². The highest BCUT2D eigenvalue weighted by atomic mass is 16.6. The number of esters is 2. The first-order chi connectivity index (χ1) is 12.9. The minimum Gasteiger partial charge on any atom is -0.465 e. The summed E-state index contributed by atoms with van der Waals surface area (Å²) in [6.07, 6.45) is 5.44. The summed E-state index contributed by atoms with van der Waals surface area (Å²) in [5.41, 5.74) is -1.19. The van der Waals surface area contributed by atoms with Crippen LogP contribution in [0.2, 0.25) is 0 Å². The molecule has 2 saturated carbocycles. The molecule has 5 nitrogen and oxygen atoms in total. The fourth-order valence-electron chi connectivity index (χ4n) is 4.87. The molecule has 2 atom stereocenters. The quantitative estimate of drug-likeness (QED) is 0.568. The molecule has 2 aliphatic carbocycles. The Morgan fingerprint density at radius 2 is 1.54 bits per heavy atom. The summed E-state index contributed by atoms with van der Waals surface area (Å²) in [7, 11) is 0. The van der Waals surface area contributed by atoms with Gasteiger partial charge in [-0.05, 0) is 85.0 Å². The minimum absolute atomic E-state index is 0.0109. The fourth-order valence-corrected chi connectivity index (χ4v) is 4.87. The highest BCUT2D eigenvalue weighted by Crippen LogP contribution is 2.52. The second-order valence-electron chi connectivity index (χ2n) is 9.81. The Morgan fingerprint density at radius 1 is 1.00 bits per heavy atom. The number of ether oxygens (including phenoxy) is 3. The van der Waals surface area contributed by atoms with Gasteiger partial charge in [0.25, 0.3) is 0 Å². The summed E-state index contributed by atoms with van der Waals surface area (Å²) in [4.78, 5) is 24.5. The number of hydrogen-bond donors (Lipinski definition) is 0. The highest BCUT2D eigenvalue weighted by molar-refractivity contribution is 5.76. The third kappa shape index (κ3) is 7.38. The lowest BCUT2D eigenvalue weighted by molar-refractivity contribution is -0.176. The molecule has 2 bridgehead atoms. The summed E-state index contributed by atoms with van der Waals surface area (Å²) in [6, 6.07) is 0. The average molecular weight is 399 g/mol. The molecule has 0 radical (unpaired) electrons. The molecule has 5 heteroatoms. The predicted molar refractivity (Wildman–Crippen MR) is 111 cm³/mol. The van der Waals surface area contributed by atoms with E-state index in [0.717, 1.165) is 38.5 Å². The molecule has 2 unspecified atom stereocenters. The van der Waals surface area contributed by atoms with Gasteiger partial charge in [-0.15, -0.1) is 0 Å². The molecule has 0 aromatic rings. The molecule has 0 spiro atoms. The van der Waals surface area contributed by atoms with Gasteiger partial charge in [-0.25, -0.2) is 4.79 Å². The molecular formula is C23H42O5. The van der Waals surface area contributed by atoms with Crippen LogP contribution in [0.5, 0.6) is 0 Å². The fraction of sp³-hybridized carbons (Fsp3) is 0.913. The lowest BCUT2D eigenvalue weighted by Gasteiger charge is -2.50. The molecule has 0 N–H and O–H groups in total. The number of fused-ring (bicyclic) bond motifs is 2. The first-order valence-corrected chi connectivity index (χ1v) is 11.0. The maximum absolute atomic E-state index is 12.5. The third-order valence-electron chi connectivity index (χ3n) is 5.47. The van der Waals surface area contributed by atoms with Crippen LogP contribution in [0.4, 0.5) is 0 Å². The smallest absolute Gasteiger partial charge is 0.332 e. The topological polar surface area (TPSA) is 61.8 Å². The maximum atomic E-state index is 12.5. The van der Waals surface area contributed by atoms with Gasteiger partial charge < -0.3 is 14.2 Å². The Balaban J connectivity index is 0.00000190. The van der Waals surface area contributed by atoms with Gasteiger partial charge >= 0.3 is 11.9 Å². The van der Waals surface area contributed by atoms with Gasteiger partial charge in [-0.3, -0.25) is 4.79 Å².